The van der Waals surface area contributed by atoms with Crippen molar-refractivity contribution in [3.05, 3.63) is 52.7 Å². The van der Waals surface area contributed by atoms with Crippen LogP contribution in [0.2, 0.25) is 0 Å². The number of hydrogen-bond acceptors (Lipinski definition) is 6. The van der Waals surface area contributed by atoms with Gasteiger partial charge in [0.05, 0.1) is 26.7 Å². The number of aliphatic hydroxyl groups is 1. The smallest absolute Gasteiger partial charge is 0.264 e. The largest absolute Gasteiger partial charge is 0.456 e. The van der Waals surface area contributed by atoms with E-state index in [-0.39, 0.29) is 11.7 Å². The normalized spacial score (nSPS) is 16.2. The van der Waals surface area contributed by atoms with Crippen LogP contribution in [0.15, 0.2) is 36.5 Å². The third-order valence-electron chi connectivity index (χ3n) is 5.82. The number of thiophene rings is 1. The second-order valence-corrected chi connectivity index (χ2v) is 9.09. The Bertz CT molecular complexity index is 1360. The Kier molecular flexibility index (Phi) is 5.19. The summed E-state index contributed by atoms with van der Waals surface area (Å²) in [5, 5.41) is 10.6. The lowest BCUT2D eigenvalue weighted by Crippen LogP contribution is -2.28. The summed E-state index contributed by atoms with van der Waals surface area (Å²) in [4.78, 5) is 35.0. The number of aromatic amines is 1. The fourth-order valence-electron chi connectivity index (χ4n) is 4.22. The highest BCUT2D eigenvalue weighted by Gasteiger charge is 2.27. The summed E-state index contributed by atoms with van der Waals surface area (Å²) in [5.74, 6) is 1.27. The topological polar surface area (TPSA) is 95.5 Å². The first kappa shape index (κ1) is 20.7. The van der Waals surface area contributed by atoms with E-state index < -0.39 is 6.10 Å². The third-order valence-corrected chi connectivity index (χ3v) is 6.95. The van der Waals surface area contributed by atoms with Crippen LogP contribution in [0.5, 0.6) is 11.5 Å². The van der Waals surface area contributed by atoms with Crippen LogP contribution in [0.3, 0.4) is 0 Å². The number of benzene rings is 1. The quantitative estimate of drug-likeness (QED) is 0.432. The van der Waals surface area contributed by atoms with Gasteiger partial charge in [0.25, 0.3) is 5.91 Å². The molecule has 1 aliphatic heterocycles. The number of fused-ring (bicyclic) bond motifs is 2. The molecule has 1 fully saturated rings. The number of H-pyrrole nitrogens is 1. The SMILES string of the molecule is CCC(=O)c1c(C)[nH]c2cc(Oc3ccnc4cc(C(=O)N5CC[C@@H](O)C5)sc34)ccc12. The van der Waals surface area contributed by atoms with E-state index in [0.29, 0.717) is 47.8 Å². The Hall–Kier alpha value is -3.23. The molecule has 7 nitrogen and oxygen atoms in total. The summed E-state index contributed by atoms with van der Waals surface area (Å²) in [6.45, 7) is 4.68. The number of aryl methyl sites for hydroxylation is 1. The van der Waals surface area contributed by atoms with E-state index in [4.69, 9.17) is 4.74 Å². The molecule has 0 radical (unpaired) electrons. The average Bonchev–Trinajstić information content (AvgIpc) is 3.49. The van der Waals surface area contributed by atoms with Gasteiger partial charge in [-0.15, -0.1) is 11.3 Å². The number of carbonyl (C=O) groups is 2. The van der Waals surface area contributed by atoms with E-state index in [1.54, 1.807) is 23.2 Å². The molecule has 0 bridgehead atoms. The number of ketones is 1. The summed E-state index contributed by atoms with van der Waals surface area (Å²) in [5.41, 5.74) is 3.12. The molecule has 2 N–H and O–H groups in total. The van der Waals surface area contributed by atoms with Crippen molar-refractivity contribution in [1.82, 2.24) is 14.9 Å². The molecule has 1 saturated heterocycles. The second kappa shape index (κ2) is 8.03. The van der Waals surface area contributed by atoms with Crippen molar-refractivity contribution in [3.63, 3.8) is 0 Å². The molecule has 1 aromatic carbocycles. The fraction of sp³-hybridized carbons (Fsp3) is 0.292. The lowest BCUT2D eigenvalue weighted by molar-refractivity contribution is 0.0769. The number of likely N-dealkylation sites (tertiary alicyclic amines) is 1. The molecule has 32 heavy (non-hydrogen) atoms. The van der Waals surface area contributed by atoms with Crippen LogP contribution in [0.25, 0.3) is 21.1 Å². The number of hydrogen-bond donors (Lipinski definition) is 2. The molecule has 4 aromatic rings. The zero-order chi connectivity index (χ0) is 22.4. The first-order chi connectivity index (χ1) is 15.4. The van der Waals surface area contributed by atoms with Gasteiger partial charge in [0.2, 0.25) is 0 Å². The molecule has 8 heteroatoms. The standard InChI is InChI=1S/C24H23N3O4S/c1-3-19(29)22-13(2)26-17-10-15(4-5-16(17)22)31-20-6-8-25-18-11-21(32-23(18)20)24(30)27-9-7-14(28)12-27/h4-6,8,10-11,14,26,28H,3,7,9,12H2,1-2H3/t14-/m1/s1. The number of nitrogens with one attached hydrogen (secondary N) is 1. The Labute approximate surface area is 188 Å². The monoisotopic (exact) mass is 449 g/mol. The van der Waals surface area contributed by atoms with Gasteiger partial charge in [0.1, 0.15) is 11.5 Å². The molecule has 1 atom stereocenters. The van der Waals surface area contributed by atoms with Gasteiger partial charge in [-0.3, -0.25) is 14.6 Å². The minimum Gasteiger partial charge on any atom is -0.456 e. The minimum atomic E-state index is -0.454. The van der Waals surface area contributed by atoms with Crippen molar-refractivity contribution < 1.29 is 19.4 Å². The van der Waals surface area contributed by atoms with Gasteiger partial charge >= 0.3 is 0 Å². The van der Waals surface area contributed by atoms with Crippen LogP contribution in [0.1, 0.15) is 45.5 Å². The molecule has 0 aliphatic carbocycles. The number of carbonyl (C=O) groups excluding carboxylic acids is 2. The number of β-amino-alcohol motifs (C(OH)–C–C–N with tert-alkyl or cyclic N) is 1. The van der Waals surface area contributed by atoms with E-state index in [1.807, 2.05) is 32.0 Å². The van der Waals surface area contributed by atoms with E-state index in [0.717, 1.165) is 26.9 Å². The Morgan fingerprint density at radius 3 is 2.91 bits per heavy atom. The molecular formula is C24H23N3O4S. The number of amides is 1. The fourth-order valence-corrected chi connectivity index (χ4v) is 5.25. The predicted molar refractivity (Wildman–Crippen MR) is 124 cm³/mol. The highest BCUT2D eigenvalue weighted by atomic mass is 32.1. The summed E-state index contributed by atoms with van der Waals surface area (Å²) in [7, 11) is 0. The average molecular weight is 450 g/mol. The first-order valence-electron chi connectivity index (χ1n) is 10.6. The van der Waals surface area contributed by atoms with Crippen molar-refractivity contribution in [2.24, 2.45) is 0 Å². The number of aliphatic hydroxyl groups excluding tert-OH is 1. The molecule has 1 amide bonds. The maximum absolute atomic E-state index is 12.8. The van der Waals surface area contributed by atoms with E-state index >= 15 is 0 Å². The number of pyridine rings is 1. The lowest BCUT2D eigenvalue weighted by Gasteiger charge is -2.13. The van der Waals surface area contributed by atoms with Crippen molar-refractivity contribution in [1.29, 1.82) is 0 Å². The van der Waals surface area contributed by atoms with Gasteiger partial charge in [0, 0.05) is 54.5 Å². The molecule has 1 aliphatic rings. The zero-order valence-electron chi connectivity index (χ0n) is 17.8. The predicted octanol–water partition coefficient (Wildman–Crippen LogP) is 4.68. The highest BCUT2D eigenvalue weighted by Crippen LogP contribution is 2.37. The van der Waals surface area contributed by atoms with Gasteiger partial charge in [-0.25, -0.2) is 0 Å². The van der Waals surface area contributed by atoms with Crippen molar-refractivity contribution >= 4 is 44.1 Å². The first-order valence-corrected chi connectivity index (χ1v) is 11.5. The van der Waals surface area contributed by atoms with Crippen LogP contribution in [-0.2, 0) is 0 Å². The summed E-state index contributed by atoms with van der Waals surface area (Å²) in [6.07, 6.45) is 2.27. The number of nitrogens with zero attached hydrogens (tertiary/aromatic N) is 2. The van der Waals surface area contributed by atoms with Crippen molar-refractivity contribution in [2.45, 2.75) is 32.8 Å². The van der Waals surface area contributed by atoms with Gasteiger partial charge in [-0.1, -0.05) is 6.92 Å². The molecule has 164 valence electrons. The van der Waals surface area contributed by atoms with E-state index in [2.05, 4.69) is 9.97 Å². The number of ether oxygens (including phenoxy) is 1. The molecule has 0 unspecified atom stereocenters. The second-order valence-electron chi connectivity index (χ2n) is 8.04. The van der Waals surface area contributed by atoms with Crippen LogP contribution in [0.4, 0.5) is 0 Å². The van der Waals surface area contributed by atoms with E-state index in [1.165, 1.54) is 11.3 Å². The Morgan fingerprint density at radius 2 is 2.16 bits per heavy atom. The van der Waals surface area contributed by atoms with Crippen LogP contribution in [-0.4, -0.2) is 50.9 Å². The van der Waals surface area contributed by atoms with Gasteiger partial charge in [0.15, 0.2) is 5.78 Å². The van der Waals surface area contributed by atoms with Crippen LogP contribution in [0, 0.1) is 6.92 Å². The summed E-state index contributed by atoms with van der Waals surface area (Å²) in [6, 6.07) is 9.19. The number of Topliss-reactive ketones (excluding diaryl/α,β-unsaturated/α-hetero) is 1. The highest BCUT2D eigenvalue weighted by molar-refractivity contribution is 7.21. The molecule has 0 saturated carbocycles. The van der Waals surface area contributed by atoms with Gasteiger partial charge in [-0.2, -0.15) is 0 Å². The maximum atomic E-state index is 12.8. The molecule has 3 aromatic heterocycles. The molecule has 4 heterocycles. The van der Waals surface area contributed by atoms with Crippen LogP contribution >= 0.6 is 11.3 Å². The summed E-state index contributed by atoms with van der Waals surface area (Å²) >= 11 is 1.34. The Balaban J connectivity index is 1.46. The molecule has 0 spiro atoms. The summed E-state index contributed by atoms with van der Waals surface area (Å²) < 4.78 is 6.96. The maximum Gasteiger partial charge on any atom is 0.264 e. The van der Waals surface area contributed by atoms with E-state index in [9.17, 15) is 14.7 Å². The third kappa shape index (κ3) is 3.55. The molecular weight excluding hydrogens is 426 g/mol. The minimum absolute atomic E-state index is 0.0908. The Morgan fingerprint density at radius 1 is 1.31 bits per heavy atom. The van der Waals surface area contributed by atoms with Crippen LogP contribution < -0.4 is 4.74 Å². The lowest BCUT2D eigenvalue weighted by atomic mass is 10.1. The number of aromatic nitrogens is 2. The zero-order valence-corrected chi connectivity index (χ0v) is 18.7. The number of rotatable bonds is 5. The van der Waals surface area contributed by atoms with Crippen molar-refractivity contribution in [3.8, 4) is 11.5 Å². The van der Waals surface area contributed by atoms with Gasteiger partial charge in [-0.05, 0) is 31.5 Å². The molecule has 5 rings (SSSR count). The van der Waals surface area contributed by atoms with Gasteiger partial charge < -0.3 is 19.7 Å². The van der Waals surface area contributed by atoms with Crippen molar-refractivity contribution in [2.75, 3.05) is 13.1 Å².